The first-order valence-corrected chi connectivity index (χ1v) is 9.42. The van der Waals surface area contributed by atoms with E-state index >= 15 is 0 Å². The summed E-state index contributed by atoms with van der Waals surface area (Å²) in [6, 6.07) is 11.7. The van der Waals surface area contributed by atoms with Crippen molar-refractivity contribution in [3.63, 3.8) is 0 Å². The minimum atomic E-state index is -0.147. The van der Waals surface area contributed by atoms with E-state index in [1.807, 2.05) is 43.1 Å². The Kier molecular flexibility index (Phi) is 4.20. The number of aryl methyl sites for hydroxylation is 2. The van der Waals surface area contributed by atoms with Gasteiger partial charge in [0.05, 0.1) is 15.9 Å². The van der Waals surface area contributed by atoms with Crippen molar-refractivity contribution in [2.24, 2.45) is 5.10 Å². The molecule has 1 aliphatic rings. The van der Waals surface area contributed by atoms with Crippen LogP contribution in [0.4, 0.5) is 10.8 Å². The zero-order valence-electron chi connectivity index (χ0n) is 15.0. The van der Waals surface area contributed by atoms with Crippen LogP contribution in [-0.4, -0.2) is 23.1 Å². The Hall–Kier alpha value is -2.73. The summed E-state index contributed by atoms with van der Waals surface area (Å²) < 4.78 is 1.09. The van der Waals surface area contributed by atoms with Crippen molar-refractivity contribution < 1.29 is 4.79 Å². The summed E-state index contributed by atoms with van der Waals surface area (Å²) in [6.07, 6.45) is 0.985. The number of fused-ring (bicyclic) bond motifs is 1. The molecule has 4 rings (SSSR count). The highest BCUT2D eigenvalue weighted by molar-refractivity contribution is 7.22. The molecular formula is C20H20N4OS. The van der Waals surface area contributed by atoms with Gasteiger partial charge in [0.2, 0.25) is 0 Å². The lowest BCUT2D eigenvalue weighted by atomic mass is 10.1. The van der Waals surface area contributed by atoms with Crippen molar-refractivity contribution in [2.75, 3.05) is 16.9 Å². The number of anilines is 2. The van der Waals surface area contributed by atoms with Crippen LogP contribution in [0.2, 0.25) is 0 Å². The van der Waals surface area contributed by atoms with Gasteiger partial charge in [0.15, 0.2) is 5.13 Å². The van der Waals surface area contributed by atoms with Gasteiger partial charge in [-0.2, -0.15) is 5.10 Å². The molecule has 0 aliphatic carbocycles. The van der Waals surface area contributed by atoms with Gasteiger partial charge in [-0.05, 0) is 62.2 Å². The van der Waals surface area contributed by atoms with Crippen LogP contribution >= 0.6 is 11.3 Å². The van der Waals surface area contributed by atoms with E-state index in [4.69, 9.17) is 0 Å². The van der Waals surface area contributed by atoms with Gasteiger partial charge in [0.1, 0.15) is 0 Å². The standard InChI is InChI=1S/C20H20N4OS/c1-12-10-13(2)18-17(11-12)26-20(21-18)22-19(25)15-4-6-16(7-5-15)24-9-8-14(3)23-24/h4-7,10-11H,8-9H2,1-3H3,(H,21,22,25). The van der Waals surface area contributed by atoms with Crippen molar-refractivity contribution in [1.29, 1.82) is 0 Å². The number of carbonyl (C=O) groups is 1. The molecule has 1 aromatic heterocycles. The van der Waals surface area contributed by atoms with Crippen LogP contribution in [0.1, 0.15) is 34.8 Å². The fourth-order valence-electron chi connectivity index (χ4n) is 3.14. The molecule has 132 valence electrons. The highest BCUT2D eigenvalue weighted by atomic mass is 32.1. The van der Waals surface area contributed by atoms with Gasteiger partial charge in [-0.25, -0.2) is 4.98 Å². The Morgan fingerprint density at radius 3 is 2.62 bits per heavy atom. The quantitative estimate of drug-likeness (QED) is 0.729. The number of aromatic nitrogens is 1. The van der Waals surface area contributed by atoms with Gasteiger partial charge < -0.3 is 0 Å². The molecule has 26 heavy (non-hydrogen) atoms. The Morgan fingerprint density at radius 2 is 1.92 bits per heavy atom. The third kappa shape index (κ3) is 3.20. The van der Waals surface area contributed by atoms with Gasteiger partial charge in [0.25, 0.3) is 5.91 Å². The van der Waals surface area contributed by atoms with E-state index < -0.39 is 0 Å². The fraction of sp³-hybridized carbons (Fsp3) is 0.250. The second kappa shape index (κ2) is 6.53. The zero-order chi connectivity index (χ0) is 18.3. The van der Waals surface area contributed by atoms with Crippen LogP contribution in [0, 0.1) is 13.8 Å². The van der Waals surface area contributed by atoms with Crippen LogP contribution in [0.25, 0.3) is 10.2 Å². The number of benzene rings is 2. The molecular weight excluding hydrogens is 344 g/mol. The monoisotopic (exact) mass is 364 g/mol. The number of thiazole rings is 1. The maximum atomic E-state index is 12.5. The number of hydrogen-bond donors (Lipinski definition) is 1. The van der Waals surface area contributed by atoms with E-state index in [2.05, 4.69) is 34.5 Å². The van der Waals surface area contributed by atoms with E-state index in [9.17, 15) is 4.79 Å². The number of hydrazone groups is 1. The highest BCUT2D eigenvalue weighted by Crippen LogP contribution is 2.29. The lowest BCUT2D eigenvalue weighted by Crippen LogP contribution is -2.14. The molecule has 1 amide bonds. The van der Waals surface area contributed by atoms with Gasteiger partial charge in [0, 0.05) is 24.2 Å². The number of amides is 1. The maximum absolute atomic E-state index is 12.5. The van der Waals surface area contributed by atoms with Crippen molar-refractivity contribution >= 4 is 44.0 Å². The highest BCUT2D eigenvalue weighted by Gasteiger charge is 2.15. The summed E-state index contributed by atoms with van der Waals surface area (Å²) in [5.41, 5.74) is 6.03. The molecule has 0 fully saturated rings. The summed E-state index contributed by atoms with van der Waals surface area (Å²) in [5.74, 6) is -0.147. The average Bonchev–Trinajstić information content (AvgIpc) is 3.21. The molecule has 0 unspecified atom stereocenters. The second-order valence-corrected chi connectivity index (χ2v) is 7.69. The molecule has 6 heteroatoms. The summed E-state index contributed by atoms with van der Waals surface area (Å²) in [7, 11) is 0. The molecule has 0 saturated carbocycles. The fourth-order valence-corrected chi connectivity index (χ4v) is 4.18. The summed E-state index contributed by atoms with van der Waals surface area (Å²) in [5, 5.41) is 9.99. The topological polar surface area (TPSA) is 57.6 Å². The van der Waals surface area contributed by atoms with Crippen molar-refractivity contribution in [3.05, 3.63) is 53.1 Å². The van der Waals surface area contributed by atoms with E-state index in [0.717, 1.165) is 40.1 Å². The Morgan fingerprint density at radius 1 is 1.15 bits per heavy atom. The Bertz CT molecular complexity index is 1020. The minimum absolute atomic E-state index is 0.147. The summed E-state index contributed by atoms with van der Waals surface area (Å²) in [4.78, 5) is 17.1. The molecule has 1 aliphatic heterocycles. The largest absolute Gasteiger partial charge is 0.298 e. The maximum Gasteiger partial charge on any atom is 0.257 e. The van der Waals surface area contributed by atoms with Crippen molar-refractivity contribution in [3.8, 4) is 0 Å². The summed E-state index contributed by atoms with van der Waals surface area (Å²) >= 11 is 1.50. The molecule has 0 bridgehead atoms. The van der Waals surface area contributed by atoms with Gasteiger partial charge in [-0.3, -0.25) is 15.1 Å². The van der Waals surface area contributed by atoms with E-state index in [0.29, 0.717) is 10.7 Å². The Labute approximate surface area is 156 Å². The third-order valence-electron chi connectivity index (χ3n) is 4.45. The van der Waals surface area contributed by atoms with Crippen LogP contribution in [0.15, 0.2) is 41.5 Å². The smallest absolute Gasteiger partial charge is 0.257 e. The second-order valence-electron chi connectivity index (χ2n) is 6.66. The lowest BCUT2D eigenvalue weighted by molar-refractivity contribution is 0.102. The van der Waals surface area contributed by atoms with E-state index in [1.165, 1.54) is 16.9 Å². The zero-order valence-corrected chi connectivity index (χ0v) is 15.9. The minimum Gasteiger partial charge on any atom is -0.298 e. The number of carbonyl (C=O) groups excluding carboxylic acids is 1. The van der Waals surface area contributed by atoms with Gasteiger partial charge >= 0.3 is 0 Å². The first-order valence-electron chi connectivity index (χ1n) is 8.60. The van der Waals surface area contributed by atoms with Crippen LogP contribution in [0.5, 0.6) is 0 Å². The number of rotatable bonds is 3. The molecule has 1 N–H and O–H groups in total. The molecule has 0 saturated heterocycles. The Balaban J connectivity index is 1.52. The number of hydrogen-bond acceptors (Lipinski definition) is 5. The normalized spacial score (nSPS) is 14.0. The summed E-state index contributed by atoms with van der Waals surface area (Å²) in [6.45, 7) is 7.03. The van der Waals surface area contributed by atoms with Crippen LogP contribution < -0.4 is 10.3 Å². The SMILES string of the molecule is CC1=NN(c2ccc(C(=O)Nc3nc4c(C)cc(C)cc4s3)cc2)CC1. The molecule has 3 aromatic rings. The number of nitrogens with one attached hydrogen (secondary N) is 1. The third-order valence-corrected chi connectivity index (χ3v) is 5.37. The molecule has 2 heterocycles. The lowest BCUT2D eigenvalue weighted by Gasteiger charge is -2.13. The molecule has 0 radical (unpaired) electrons. The van der Waals surface area contributed by atoms with Crippen molar-refractivity contribution in [2.45, 2.75) is 27.2 Å². The predicted octanol–water partition coefficient (Wildman–Crippen LogP) is 4.75. The average molecular weight is 364 g/mol. The van der Waals surface area contributed by atoms with E-state index in [1.54, 1.807) is 0 Å². The molecule has 0 atom stereocenters. The van der Waals surface area contributed by atoms with Gasteiger partial charge in [-0.1, -0.05) is 17.4 Å². The number of nitrogens with zero attached hydrogens (tertiary/aromatic N) is 3. The van der Waals surface area contributed by atoms with Gasteiger partial charge in [-0.15, -0.1) is 0 Å². The van der Waals surface area contributed by atoms with E-state index in [-0.39, 0.29) is 5.91 Å². The molecule has 0 spiro atoms. The first-order chi connectivity index (χ1) is 12.5. The van der Waals surface area contributed by atoms with Crippen LogP contribution in [0.3, 0.4) is 0 Å². The van der Waals surface area contributed by atoms with Crippen LogP contribution in [-0.2, 0) is 0 Å². The molecule has 5 nitrogen and oxygen atoms in total. The predicted molar refractivity (Wildman–Crippen MR) is 109 cm³/mol. The first kappa shape index (κ1) is 16.7. The molecule has 2 aromatic carbocycles. The van der Waals surface area contributed by atoms with Crippen molar-refractivity contribution in [1.82, 2.24) is 4.98 Å².